The molecule has 0 aliphatic heterocycles. The second-order valence-corrected chi connectivity index (χ2v) is 7.85. The third-order valence-corrected chi connectivity index (χ3v) is 5.11. The van der Waals surface area contributed by atoms with Crippen LogP contribution in [0, 0.1) is 5.92 Å². The molecule has 0 nitrogen and oxygen atoms in total. The maximum atomic E-state index is 2.38. The molecule has 116 valence electrons. The molecule has 0 fully saturated rings. The first-order valence-electron chi connectivity index (χ1n) is 8.62. The average molecular weight is 300 g/mol. The zero-order valence-corrected chi connectivity index (χ0v) is 14.3. The number of rotatable bonds is 2. The molecular weight excluding hydrogens is 276 g/mol. The van der Waals surface area contributed by atoms with Gasteiger partial charge in [0.15, 0.2) is 0 Å². The van der Waals surface area contributed by atoms with Crippen molar-refractivity contribution < 1.29 is 0 Å². The van der Waals surface area contributed by atoms with Crippen LogP contribution in [0.3, 0.4) is 0 Å². The lowest BCUT2D eigenvalue weighted by molar-refractivity contribution is 0.573. The van der Waals surface area contributed by atoms with E-state index in [4.69, 9.17) is 0 Å². The van der Waals surface area contributed by atoms with E-state index in [2.05, 4.69) is 81.5 Å². The van der Waals surface area contributed by atoms with Gasteiger partial charge in [-0.05, 0) is 57.6 Å². The van der Waals surface area contributed by atoms with Gasteiger partial charge < -0.3 is 0 Å². The van der Waals surface area contributed by atoms with Crippen molar-refractivity contribution in [3.05, 3.63) is 83.0 Å². The zero-order chi connectivity index (χ0) is 16.0. The highest BCUT2D eigenvalue weighted by Crippen LogP contribution is 2.43. The van der Waals surface area contributed by atoms with Gasteiger partial charge in [-0.25, -0.2) is 0 Å². The lowest BCUT2D eigenvalue weighted by Crippen LogP contribution is -2.18. The fraction of sp³-hybridized carbons (Fsp3) is 0.304. The van der Waals surface area contributed by atoms with Gasteiger partial charge in [-0.1, -0.05) is 81.5 Å². The van der Waals surface area contributed by atoms with Crippen LogP contribution < -0.4 is 0 Å². The van der Waals surface area contributed by atoms with Crippen LogP contribution in [-0.4, -0.2) is 0 Å². The molecular formula is C23H24. The summed E-state index contributed by atoms with van der Waals surface area (Å²) in [6, 6.07) is 13.6. The van der Waals surface area contributed by atoms with Crippen LogP contribution in [0.25, 0.3) is 11.1 Å². The highest BCUT2D eigenvalue weighted by atomic mass is 14.3. The first kappa shape index (κ1) is 14.5. The van der Waals surface area contributed by atoms with Gasteiger partial charge in [-0.3, -0.25) is 0 Å². The highest BCUT2D eigenvalue weighted by molar-refractivity contribution is 5.79. The molecule has 0 saturated heterocycles. The van der Waals surface area contributed by atoms with E-state index in [-0.39, 0.29) is 5.41 Å². The van der Waals surface area contributed by atoms with Gasteiger partial charge in [0.1, 0.15) is 0 Å². The maximum Gasteiger partial charge on any atom is -0.000673 e. The normalized spacial score (nSPS) is 16.0. The highest BCUT2D eigenvalue weighted by Gasteiger charge is 2.29. The minimum Gasteiger partial charge on any atom is -0.0773 e. The van der Waals surface area contributed by atoms with Crippen LogP contribution >= 0.6 is 0 Å². The van der Waals surface area contributed by atoms with Gasteiger partial charge in [0, 0.05) is 0 Å². The predicted molar refractivity (Wildman–Crippen MR) is 98.9 cm³/mol. The van der Waals surface area contributed by atoms with Crippen molar-refractivity contribution in [2.24, 2.45) is 5.92 Å². The number of benzene rings is 2. The molecule has 0 bridgehead atoms. The van der Waals surface area contributed by atoms with Crippen LogP contribution in [0.15, 0.2) is 60.7 Å². The monoisotopic (exact) mass is 300 g/mol. The van der Waals surface area contributed by atoms with Crippen LogP contribution in [-0.2, 0) is 18.3 Å². The van der Waals surface area contributed by atoms with E-state index < -0.39 is 0 Å². The molecule has 0 radical (unpaired) electrons. The second kappa shape index (κ2) is 5.23. The minimum absolute atomic E-state index is 0.175. The third-order valence-electron chi connectivity index (χ3n) is 5.11. The number of fused-ring (bicyclic) bond motifs is 3. The lowest BCUT2D eigenvalue weighted by atomic mass is 9.77. The van der Waals surface area contributed by atoms with E-state index in [9.17, 15) is 0 Å². The Balaban J connectivity index is 1.85. The van der Waals surface area contributed by atoms with Crippen LogP contribution in [0.5, 0.6) is 0 Å². The first-order valence-corrected chi connectivity index (χ1v) is 8.62. The molecule has 2 aliphatic rings. The molecule has 0 unspecified atom stereocenters. The molecule has 0 atom stereocenters. The van der Waals surface area contributed by atoms with E-state index in [1.807, 2.05) is 0 Å². The minimum atomic E-state index is 0.175. The zero-order valence-electron chi connectivity index (χ0n) is 14.3. The van der Waals surface area contributed by atoms with Crippen LogP contribution in [0.4, 0.5) is 0 Å². The second-order valence-electron chi connectivity index (χ2n) is 7.85. The SMILES string of the molecule is CC(C)(C)c1c(CC2C=CC=C2)ccc2c1Cc1ccccc1-2. The average Bonchev–Trinajstić information content (AvgIpc) is 3.12. The fourth-order valence-corrected chi connectivity index (χ4v) is 4.23. The molecule has 0 saturated carbocycles. The van der Waals surface area contributed by atoms with Crippen molar-refractivity contribution in [1.82, 2.24) is 0 Å². The third kappa shape index (κ3) is 2.47. The molecule has 4 rings (SSSR count). The Morgan fingerprint density at radius 2 is 1.65 bits per heavy atom. The molecule has 0 N–H and O–H groups in total. The Bertz CT molecular complexity index is 800. The van der Waals surface area contributed by atoms with Crippen molar-refractivity contribution in [2.75, 3.05) is 0 Å². The molecule has 0 aromatic heterocycles. The number of hydrogen-bond acceptors (Lipinski definition) is 0. The van der Waals surface area contributed by atoms with E-state index >= 15 is 0 Å². The molecule has 2 aromatic carbocycles. The van der Waals surface area contributed by atoms with E-state index in [1.54, 1.807) is 11.1 Å². The van der Waals surface area contributed by atoms with E-state index in [1.165, 1.54) is 22.3 Å². The van der Waals surface area contributed by atoms with Gasteiger partial charge in [0.2, 0.25) is 0 Å². The Morgan fingerprint density at radius 1 is 0.913 bits per heavy atom. The molecule has 0 amide bonds. The Kier molecular flexibility index (Phi) is 3.30. The van der Waals surface area contributed by atoms with Crippen LogP contribution in [0.1, 0.15) is 43.0 Å². The van der Waals surface area contributed by atoms with Crippen molar-refractivity contribution in [2.45, 2.75) is 39.0 Å². The van der Waals surface area contributed by atoms with Gasteiger partial charge >= 0.3 is 0 Å². The summed E-state index contributed by atoms with van der Waals surface area (Å²) >= 11 is 0. The summed E-state index contributed by atoms with van der Waals surface area (Å²) in [5, 5.41) is 0. The van der Waals surface area contributed by atoms with Gasteiger partial charge in [-0.2, -0.15) is 0 Å². The van der Waals surface area contributed by atoms with Gasteiger partial charge in [0.25, 0.3) is 0 Å². The summed E-state index contributed by atoms with van der Waals surface area (Å²) in [7, 11) is 0. The van der Waals surface area contributed by atoms with E-state index in [0.717, 1.165) is 12.8 Å². The Hall–Kier alpha value is -2.08. The molecule has 0 heterocycles. The quantitative estimate of drug-likeness (QED) is 0.557. The number of allylic oxidation sites excluding steroid dienone is 4. The standard InChI is InChI=1S/C23H24/c1-23(2,3)22-18(14-16-8-4-5-9-16)12-13-20-19-11-7-6-10-17(19)15-21(20)22/h4-13,16H,14-15H2,1-3H3. The maximum absolute atomic E-state index is 2.38. The van der Waals surface area contributed by atoms with Gasteiger partial charge in [-0.15, -0.1) is 0 Å². The topological polar surface area (TPSA) is 0 Å². The largest absolute Gasteiger partial charge is 0.0773 e. The summed E-state index contributed by atoms with van der Waals surface area (Å²) in [4.78, 5) is 0. The molecule has 0 heteroatoms. The summed E-state index contributed by atoms with van der Waals surface area (Å²) in [6.45, 7) is 7.07. The summed E-state index contributed by atoms with van der Waals surface area (Å²) < 4.78 is 0. The summed E-state index contributed by atoms with van der Waals surface area (Å²) in [5.74, 6) is 0.554. The molecule has 23 heavy (non-hydrogen) atoms. The van der Waals surface area contributed by atoms with Gasteiger partial charge in [0.05, 0.1) is 0 Å². The Labute approximate surface area is 139 Å². The van der Waals surface area contributed by atoms with Crippen LogP contribution in [0.2, 0.25) is 0 Å². The molecule has 2 aliphatic carbocycles. The first-order chi connectivity index (χ1) is 11.0. The smallest absolute Gasteiger partial charge is 0.000673 e. The van der Waals surface area contributed by atoms with Crippen molar-refractivity contribution >= 4 is 0 Å². The summed E-state index contributed by atoms with van der Waals surface area (Å²) in [6.07, 6.45) is 11.2. The van der Waals surface area contributed by atoms with Crippen molar-refractivity contribution in [3.8, 4) is 11.1 Å². The molecule has 0 spiro atoms. The van der Waals surface area contributed by atoms with Crippen molar-refractivity contribution in [3.63, 3.8) is 0 Å². The van der Waals surface area contributed by atoms with E-state index in [0.29, 0.717) is 5.92 Å². The molecule has 2 aromatic rings. The number of hydrogen-bond donors (Lipinski definition) is 0. The van der Waals surface area contributed by atoms with Crippen molar-refractivity contribution in [1.29, 1.82) is 0 Å². The predicted octanol–water partition coefficient (Wildman–Crippen LogP) is 5.84. The summed E-state index contributed by atoms with van der Waals surface area (Å²) in [5.41, 5.74) is 9.18. The lowest BCUT2D eigenvalue weighted by Gasteiger charge is -2.27. The Morgan fingerprint density at radius 3 is 2.39 bits per heavy atom. The fourth-order valence-electron chi connectivity index (χ4n) is 4.23.